The first-order valence-electron chi connectivity index (χ1n) is 8.00. The van der Waals surface area contributed by atoms with E-state index in [0.29, 0.717) is 5.92 Å². The van der Waals surface area contributed by atoms with Crippen LogP contribution in [0.1, 0.15) is 50.6 Å². The average Bonchev–Trinajstić information content (AvgIpc) is 2.97. The number of rotatable bonds is 6. The Hall–Kier alpha value is 0.600. The summed E-state index contributed by atoms with van der Waals surface area (Å²) in [6.45, 7) is 6.28. The number of piperidine rings is 1. The van der Waals surface area contributed by atoms with Crippen LogP contribution in [0.3, 0.4) is 0 Å². The first-order valence-corrected chi connectivity index (χ1v) is 9.72. The van der Waals surface area contributed by atoms with Gasteiger partial charge in [0.05, 0.1) is 50.0 Å². The van der Waals surface area contributed by atoms with Gasteiger partial charge in [-0.15, -0.1) is 11.8 Å². The maximum atomic E-state index is 4.69. The third kappa shape index (κ3) is 4.12. The van der Waals surface area contributed by atoms with Crippen molar-refractivity contribution in [3.8, 4) is 0 Å². The van der Waals surface area contributed by atoms with E-state index in [-0.39, 0.29) is 24.0 Å². The van der Waals surface area contributed by atoms with E-state index in [9.17, 15) is 0 Å². The van der Waals surface area contributed by atoms with Gasteiger partial charge in [-0.25, -0.2) is 0 Å². The van der Waals surface area contributed by atoms with Crippen molar-refractivity contribution in [2.45, 2.75) is 50.0 Å². The highest BCUT2D eigenvalue weighted by Crippen LogP contribution is 2.44. The molecule has 2 aliphatic heterocycles. The summed E-state index contributed by atoms with van der Waals surface area (Å²) in [6.07, 6.45) is 6.73. The van der Waals surface area contributed by atoms with Crippen molar-refractivity contribution in [2.75, 3.05) is 32.4 Å². The molecule has 0 N–H and O–H groups in total. The molecule has 120 valence electrons. The van der Waals surface area contributed by atoms with Gasteiger partial charge in [0, 0.05) is 5.92 Å². The predicted molar refractivity (Wildman–Crippen MR) is 86.4 cm³/mol. The number of likely N-dealkylation sites (N-methyl/N-ethyl adjacent to an activating group) is 1. The molecular weight excluding hydrogens is 413 g/mol. The lowest BCUT2D eigenvalue weighted by atomic mass is 9.89. The van der Waals surface area contributed by atoms with E-state index >= 15 is 0 Å². The zero-order valence-electron chi connectivity index (χ0n) is 13.1. The van der Waals surface area contributed by atoms with Gasteiger partial charge in [0.15, 0.2) is 0 Å². The summed E-state index contributed by atoms with van der Waals surface area (Å²) in [5.74, 6) is 2.73. The average molecular weight is 439 g/mol. The SMILES string of the molecule is CCCCCSc1nsnc1C1C[N+]2(C)CCCC1C2.[I-]. The lowest BCUT2D eigenvalue weighted by Crippen LogP contribution is -3.00. The fourth-order valence-electron chi connectivity index (χ4n) is 3.95. The Kier molecular flexibility index (Phi) is 6.77. The number of thioether (sulfide) groups is 1. The summed E-state index contributed by atoms with van der Waals surface area (Å²) >= 11 is 3.37. The molecule has 1 aromatic heterocycles. The summed E-state index contributed by atoms with van der Waals surface area (Å²) in [5, 5.41) is 1.25. The van der Waals surface area contributed by atoms with Crippen LogP contribution in [0.2, 0.25) is 0 Å². The van der Waals surface area contributed by atoms with Crippen molar-refractivity contribution in [1.82, 2.24) is 8.75 Å². The highest BCUT2D eigenvalue weighted by Gasteiger charge is 2.47. The molecule has 3 heterocycles. The van der Waals surface area contributed by atoms with Gasteiger partial charge in [-0.2, -0.15) is 8.75 Å². The maximum absolute atomic E-state index is 4.69. The van der Waals surface area contributed by atoms with Crippen LogP contribution in [0.5, 0.6) is 0 Å². The molecule has 2 saturated heterocycles. The van der Waals surface area contributed by atoms with E-state index in [0.717, 1.165) is 5.92 Å². The second kappa shape index (κ2) is 7.93. The molecule has 0 amide bonds. The summed E-state index contributed by atoms with van der Waals surface area (Å²) < 4.78 is 10.5. The largest absolute Gasteiger partial charge is 1.00 e. The van der Waals surface area contributed by atoms with Crippen LogP contribution in [0.15, 0.2) is 5.03 Å². The van der Waals surface area contributed by atoms with Gasteiger partial charge in [-0.1, -0.05) is 19.8 Å². The van der Waals surface area contributed by atoms with Gasteiger partial charge < -0.3 is 28.5 Å². The third-order valence-electron chi connectivity index (χ3n) is 4.97. The van der Waals surface area contributed by atoms with Gasteiger partial charge in [-0.05, 0) is 25.0 Å². The molecule has 0 saturated carbocycles. The Morgan fingerprint density at radius 3 is 2.90 bits per heavy atom. The standard InChI is InChI=1S/C15H26N3S2.HI/c1-3-4-5-9-19-15-14(16-20-17-15)13-11-18(2)8-6-7-12(13)10-18;/h12-13H,3-11H2,1-2H3;1H/q+1;/p-1. The van der Waals surface area contributed by atoms with Crippen LogP contribution >= 0.6 is 23.5 Å². The molecule has 3 nitrogen and oxygen atoms in total. The summed E-state index contributed by atoms with van der Waals surface area (Å²) in [5.41, 5.74) is 1.34. The number of quaternary nitrogens is 1. The molecule has 6 heteroatoms. The summed E-state index contributed by atoms with van der Waals surface area (Å²) in [7, 11) is 2.43. The minimum atomic E-state index is 0. The second-order valence-electron chi connectivity index (χ2n) is 6.73. The van der Waals surface area contributed by atoms with Gasteiger partial charge >= 0.3 is 0 Å². The number of aromatic nitrogens is 2. The molecule has 2 aliphatic rings. The third-order valence-corrected chi connectivity index (χ3v) is 6.70. The van der Waals surface area contributed by atoms with Crippen molar-refractivity contribution in [1.29, 1.82) is 0 Å². The van der Waals surface area contributed by atoms with Gasteiger partial charge in [0.1, 0.15) is 5.03 Å². The van der Waals surface area contributed by atoms with Crippen LogP contribution in [-0.4, -0.2) is 45.7 Å². The number of hydrogen-bond donors (Lipinski definition) is 0. The van der Waals surface area contributed by atoms with E-state index in [1.807, 2.05) is 11.8 Å². The van der Waals surface area contributed by atoms with E-state index in [4.69, 9.17) is 0 Å². The van der Waals surface area contributed by atoms with Crippen molar-refractivity contribution >= 4 is 23.5 Å². The normalized spacial score (nSPS) is 31.1. The van der Waals surface area contributed by atoms with Gasteiger partial charge in [0.2, 0.25) is 0 Å². The predicted octanol–water partition coefficient (Wildman–Crippen LogP) is 0.778. The van der Waals surface area contributed by atoms with Crippen LogP contribution in [0, 0.1) is 5.92 Å². The Balaban J connectivity index is 0.00000161. The topological polar surface area (TPSA) is 25.8 Å². The smallest absolute Gasteiger partial charge is 0.134 e. The molecule has 3 unspecified atom stereocenters. The van der Waals surface area contributed by atoms with Crippen LogP contribution in [-0.2, 0) is 0 Å². The van der Waals surface area contributed by atoms with Crippen LogP contribution < -0.4 is 24.0 Å². The highest BCUT2D eigenvalue weighted by molar-refractivity contribution is 7.99. The Bertz CT molecular complexity index is 454. The van der Waals surface area contributed by atoms with E-state index in [2.05, 4.69) is 22.7 Å². The first-order chi connectivity index (χ1) is 9.72. The first kappa shape index (κ1) is 17.9. The van der Waals surface area contributed by atoms with Crippen molar-refractivity contribution in [3.63, 3.8) is 0 Å². The molecule has 0 spiro atoms. The molecule has 3 rings (SSSR count). The van der Waals surface area contributed by atoms with Crippen LogP contribution in [0.25, 0.3) is 0 Å². The van der Waals surface area contributed by atoms with Crippen LogP contribution in [0.4, 0.5) is 0 Å². The summed E-state index contributed by atoms with van der Waals surface area (Å²) in [6, 6.07) is 0. The number of nitrogens with zero attached hydrogens (tertiary/aromatic N) is 3. The lowest BCUT2D eigenvalue weighted by Gasteiger charge is -2.32. The lowest BCUT2D eigenvalue weighted by molar-refractivity contribution is -0.903. The fraction of sp³-hybridized carbons (Fsp3) is 0.867. The monoisotopic (exact) mass is 439 g/mol. The summed E-state index contributed by atoms with van der Waals surface area (Å²) in [4.78, 5) is 0. The maximum Gasteiger partial charge on any atom is 0.134 e. The molecule has 0 aliphatic carbocycles. The van der Waals surface area contributed by atoms with Crippen molar-refractivity contribution in [3.05, 3.63) is 5.69 Å². The Morgan fingerprint density at radius 1 is 1.29 bits per heavy atom. The van der Waals surface area contributed by atoms with Gasteiger partial charge in [0.25, 0.3) is 0 Å². The quantitative estimate of drug-likeness (QED) is 0.284. The zero-order valence-corrected chi connectivity index (χ0v) is 16.8. The molecule has 0 aromatic carbocycles. The fourth-order valence-corrected chi connectivity index (χ4v) is 5.72. The highest BCUT2D eigenvalue weighted by atomic mass is 127. The molecule has 2 bridgehead atoms. The molecular formula is C15H26IN3S2. The second-order valence-corrected chi connectivity index (χ2v) is 8.34. The molecule has 21 heavy (non-hydrogen) atoms. The number of halogens is 1. The van der Waals surface area contributed by atoms with E-state index < -0.39 is 0 Å². The van der Waals surface area contributed by atoms with Gasteiger partial charge in [-0.3, -0.25) is 0 Å². The van der Waals surface area contributed by atoms with E-state index in [1.54, 1.807) is 0 Å². The minimum Gasteiger partial charge on any atom is -1.00 e. The number of hydrogen-bond acceptors (Lipinski definition) is 4. The molecule has 3 atom stereocenters. The number of fused-ring (bicyclic) bond motifs is 2. The Morgan fingerprint density at radius 2 is 2.14 bits per heavy atom. The minimum absolute atomic E-state index is 0. The number of unbranched alkanes of at least 4 members (excludes halogenated alkanes) is 2. The molecule has 2 fully saturated rings. The van der Waals surface area contributed by atoms with Crippen molar-refractivity contribution < 1.29 is 28.5 Å². The Labute approximate surface area is 154 Å². The zero-order chi connectivity index (χ0) is 14.0. The van der Waals surface area contributed by atoms with E-state index in [1.165, 1.54) is 84.4 Å². The molecule has 1 aromatic rings. The molecule has 0 radical (unpaired) electrons. The van der Waals surface area contributed by atoms with Crippen molar-refractivity contribution in [2.24, 2.45) is 5.92 Å².